The van der Waals surface area contributed by atoms with Gasteiger partial charge in [0.25, 0.3) is 5.79 Å². The average Bonchev–Trinajstić information content (AvgIpc) is 0.756. The number of ether oxygens (including phenoxy) is 6. The van der Waals surface area contributed by atoms with Gasteiger partial charge in [-0.3, -0.25) is 9.59 Å². The number of rotatable bonds is 64. The maximum Gasteiger partial charge on any atom is 0.364 e. The molecule has 0 spiro atoms. The summed E-state index contributed by atoms with van der Waals surface area (Å²) in [6.45, 7) is 2.26. The third-order valence-corrected chi connectivity index (χ3v) is 20.7. The number of carboxylic acid groups (broad SMARTS) is 1. The van der Waals surface area contributed by atoms with Crippen LogP contribution in [0.1, 0.15) is 329 Å². The van der Waals surface area contributed by atoms with E-state index in [-0.39, 0.29) is 18.9 Å². The van der Waals surface area contributed by atoms with Gasteiger partial charge < -0.3 is 100 Å². The van der Waals surface area contributed by atoms with Crippen molar-refractivity contribution < 1.29 is 104 Å². The number of carbonyl (C=O) groups excluding carboxylic acids is 2. The molecule has 594 valence electrons. The van der Waals surface area contributed by atoms with Crippen LogP contribution in [0.2, 0.25) is 0 Å². The molecule has 0 saturated carbocycles. The second-order valence-electron chi connectivity index (χ2n) is 29.6. The lowest BCUT2D eigenvalue weighted by Gasteiger charge is -2.50. The van der Waals surface area contributed by atoms with Gasteiger partial charge in [-0.15, -0.1) is 0 Å². The molecule has 101 heavy (non-hydrogen) atoms. The van der Waals surface area contributed by atoms with Crippen molar-refractivity contribution in [2.45, 2.75) is 439 Å². The lowest BCUT2D eigenvalue weighted by molar-refractivity contribution is -0.386. The van der Waals surface area contributed by atoms with Gasteiger partial charge in [-0.05, 0) is 38.5 Å². The summed E-state index contributed by atoms with van der Waals surface area (Å²) in [5.74, 6) is -6.10. The zero-order valence-electron chi connectivity index (χ0n) is 62.8. The van der Waals surface area contributed by atoms with Crippen LogP contribution in [0.4, 0.5) is 0 Å². The third-order valence-electron chi connectivity index (χ3n) is 20.7. The molecule has 3 aliphatic rings. The van der Waals surface area contributed by atoms with Crippen molar-refractivity contribution in [2.75, 3.05) is 26.4 Å². The number of allylic oxidation sites excluding steroid dienone is 2. The Balaban J connectivity index is 1.52. The zero-order chi connectivity index (χ0) is 73.9. The highest BCUT2D eigenvalue weighted by atomic mass is 16.8. The standard InChI is InChI=1S/C78H146N2O21/c1-4-6-8-10-12-14-16-18-20-22-24-26-28-29-30-31-33-35-37-39-41-43-45-47-49-51-60(85)59(80-65(88)52-50-48-46-44-42-40-38-36-34-32-27-25-23-21-19-17-15-13-11-9-7-5-2)57-96-75-70(92)69(91)72(64(56-83)98-75)99-76-71(93)74(68(90)63(55-82)97-76)101-78(77(94)95)53-61(86)66(79-58(3)84)73(100-78)67(89)62(87)54-81/h32,34,59-64,66-76,81-83,85-87,89-93H,4-31,33,35-57H2,1-3H3,(H,79,84)(H,80,88)(H,94,95)/b34-32-. The number of carboxylic acids is 1. The minimum absolute atomic E-state index is 0.221. The fourth-order valence-corrected chi connectivity index (χ4v) is 14.3. The molecule has 14 N–H and O–H groups in total. The maximum absolute atomic E-state index is 13.6. The van der Waals surface area contributed by atoms with Crippen LogP contribution in [-0.2, 0) is 42.8 Å². The minimum Gasteiger partial charge on any atom is -0.477 e. The molecule has 0 aromatic heterocycles. The first-order valence-electron chi connectivity index (χ1n) is 40.5. The summed E-state index contributed by atoms with van der Waals surface area (Å²) in [4.78, 5) is 38.7. The molecule has 0 bridgehead atoms. The number of aliphatic carboxylic acids is 1. The zero-order valence-corrected chi connectivity index (χ0v) is 62.8. The molecule has 18 atom stereocenters. The third kappa shape index (κ3) is 38.2. The summed E-state index contributed by atoms with van der Waals surface area (Å²) in [6, 6.07) is -2.53. The highest BCUT2D eigenvalue weighted by Crippen LogP contribution is 2.39. The summed E-state index contributed by atoms with van der Waals surface area (Å²) in [7, 11) is 0. The van der Waals surface area contributed by atoms with Crippen LogP contribution in [0.15, 0.2) is 12.2 Å². The average molecular weight is 1450 g/mol. The molecule has 23 heteroatoms. The number of hydrogen-bond acceptors (Lipinski definition) is 20. The Bertz CT molecular complexity index is 2070. The molecule has 3 aliphatic heterocycles. The normalized spacial score (nSPS) is 26.8. The topological polar surface area (TPSA) is 373 Å². The van der Waals surface area contributed by atoms with Gasteiger partial charge in [-0.25, -0.2) is 4.79 Å². The van der Waals surface area contributed by atoms with Gasteiger partial charge in [0.1, 0.15) is 67.1 Å². The molecule has 3 heterocycles. The second kappa shape index (κ2) is 57.6. The van der Waals surface area contributed by atoms with E-state index in [0.29, 0.717) is 19.3 Å². The summed E-state index contributed by atoms with van der Waals surface area (Å²) in [5, 5.41) is 137. The van der Waals surface area contributed by atoms with E-state index in [2.05, 4.69) is 36.6 Å². The van der Waals surface area contributed by atoms with Crippen LogP contribution in [0.25, 0.3) is 0 Å². The van der Waals surface area contributed by atoms with Gasteiger partial charge in [-0.2, -0.15) is 0 Å². The molecule has 0 aromatic carbocycles. The van der Waals surface area contributed by atoms with Gasteiger partial charge in [0.05, 0.1) is 50.7 Å². The monoisotopic (exact) mass is 1450 g/mol. The lowest BCUT2D eigenvalue weighted by atomic mass is 9.88. The molecular formula is C78H146N2O21. The molecule has 23 nitrogen and oxygen atoms in total. The number of aliphatic hydroxyl groups is 11. The smallest absolute Gasteiger partial charge is 0.364 e. The van der Waals surface area contributed by atoms with Crippen molar-refractivity contribution in [3.63, 3.8) is 0 Å². The van der Waals surface area contributed by atoms with E-state index in [4.69, 9.17) is 28.4 Å². The van der Waals surface area contributed by atoms with Crippen molar-refractivity contribution in [3.05, 3.63) is 12.2 Å². The first-order chi connectivity index (χ1) is 48.9. The van der Waals surface area contributed by atoms with Crippen molar-refractivity contribution in [1.29, 1.82) is 0 Å². The Labute approximate surface area is 607 Å². The molecule has 0 aliphatic carbocycles. The quantitative estimate of drug-likeness (QED) is 0.0199. The first kappa shape index (κ1) is 92.7. The lowest BCUT2D eigenvalue weighted by Crippen LogP contribution is -2.70. The SMILES string of the molecule is CCCCCCCCCCCCC/C=C\CCCCCCCCCC(=O)NC(COC1OC(CO)C(OC2OC(CO)C(O)C(OC3(C(=O)O)CC(O)C(NC(C)=O)C(C(O)C(O)CO)O3)C2O)C(O)C1O)C(O)CCCCCCCCCCCCCCCCCCCCCCCCCCC. The molecule has 3 fully saturated rings. The van der Waals surface area contributed by atoms with Gasteiger partial charge in [0.2, 0.25) is 11.8 Å². The van der Waals surface area contributed by atoms with E-state index in [9.17, 15) is 75.7 Å². The molecule has 2 amide bonds. The van der Waals surface area contributed by atoms with E-state index < -0.39 is 148 Å². The van der Waals surface area contributed by atoms with Crippen molar-refractivity contribution >= 4 is 17.8 Å². The second-order valence-corrected chi connectivity index (χ2v) is 29.6. The number of amides is 2. The largest absolute Gasteiger partial charge is 0.477 e. The summed E-state index contributed by atoms with van der Waals surface area (Å²) >= 11 is 0. The van der Waals surface area contributed by atoms with E-state index in [0.717, 1.165) is 84.0 Å². The van der Waals surface area contributed by atoms with Crippen molar-refractivity contribution in [2.24, 2.45) is 0 Å². The van der Waals surface area contributed by atoms with Gasteiger partial charge in [-0.1, -0.05) is 283 Å². The number of unbranched alkanes of at least 4 members (excludes halogenated alkanes) is 42. The molecule has 0 radical (unpaired) electrons. The Morgan fingerprint density at radius 1 is 0.505 bits per heavy atom. The Hall–Kier alpha value is -2.53. The van der Waals surface area contributed by atoms with Crippen molar-refractivity contribution in [3.8, 4) is 0 Å². The first-order valence-corrected chi connectivity index (χ1v) is 40.5. The van der Waals surface area contributed by atoms with Gasteiger partial charge in [0.15, 0.2) is 12.6 Å². The Kier molecular flexibility index (Phi) is 52.9. The number of aliphatic hydroxyl groups excluding tert-OH is 11. The van der Waals surface area contributed by atoms with E-state index in [1.807, 2.05) is 0 Å². The maximum atomic E-state index is 13.6. The van der Waals surface area contributed by atoms with Crippen LogP contribution in [-0.4, -0.2) is 215 Å². The molecule has 0 aromatic rings. The molecule has 3 saturated heterocycles. The summed E-state index contributed by atoms with van der Waals surface area (Å²) < 4.78 is 35.0. The number of hydrogen-bond donors (Lipinski definition) is 14. The van der Waals surface area contributed by atoms with E-state index >= 15 is 0 Å². The van der Waals surface area contributed by atoms with Gasteiger partial charge >= 0.3 is 5.97 Å². The minimum atomic E-state index is -3.08. The highest BCUT2D eigenvalue weighted by Gasteiger charge is 2.60. The van der Waals surface area contributed by atoms with Gasteiger partial charge in [0, 0.05) is 19.8 Å². The van der Waals surface area contributed by atoms with Crippen molar-refractivity contribution in [1.82, 2.24) is 10.6 Å². The molecule has 18 unspecified atom stereocenters. The Morgan fingerprint density at radius 2 is 0.921 bits per heavy atom. The fraction of sp³-hybridized carbons (Fsp3) is 0.936. The van der Waals surface area contributed by atoms with Crippen LogP contribution >= 0.6 is 0 Å². The van der Waals surface area contributed by atoms with Crippen LogP contribution in [0.3, 0.4) is 0 Å². The predicted octanol–water partition coefficient (Wildman–Crippen LogP) is 10.6. The highest BCUT2D eigenvalue weighted by molar-refractivity contribution is 5.77. The molecular weight excluding hydrogens is 1300 g/mol. The van der Waals surface area contributed by atoms with Crippen LogP contribution in [0, 0.1) is 0 Å². The Morgan fingerprint density at radius 3 is 1.34 bits per heavy atom. The fourth-order valence-electron chi connectivity index (χ4n) is 14.3. The number of nitrogens with one attached hydrogen (secondary N) is 2. The van der Waals surface area contributed by atoms with Crippen LogP contribution in [0.5, 0.6) is 0 Å². The summed E-state index contributed by atoms with van der Waals surface area (Å²) in [6.07, 6.45) is 32.0. The van der Waals surface area contributed by atoms with E-state index in [1.165, 1.54) is 199 Å². The summed E-state index contributed by atoms with van der Waals surface area (Å²) in [5.41, 5.74) is 0. The number of carbonyl (C=O) groups is 3. The predicted molar refractivity (Wildman–Crippen MR) is 389 cm³/mol. The van der Waals surface area contributed by atoms with E-state index in [1.54, 1.807) is 0 Å². The molecule has 3 rings (SSSR count). The van der Waals surface area contributed by atoms with Crippen LogP contribution < -0.4 is 10.6 Å².